The number of carbonyl (C=O) groups excluding carboxylic acids is 1. The molecule has 32 heavy (non-hydrogen) atoms. The highest BCUT2D eigenvalue weighted by Gasteiger charge is 2.38. The minimum absolute atomic E-state index is 0.0422. The molecule has 2 aromatic carbocycles. The van der Waals surface area contributed by atoms with Crippen LogP contribution in [-0.2, 0) is 24.2 Å². The van der Waals surface area contributed by atoms with Crippen molar-refractivity contribution in [2.24, 2.45) is 0 Å². The van der Waals surface area contributed by atoms with Crippen molar-refractivity contribution in [3.63, 3.8) is 0 Å². The first-order chi connectivity index (χ1) is 15.5. The number of benzene rings is 2. The lowest BCUT2D eigenvalue weighted by Gasteiger charge is -2.41. The minimum Gasteiger partial charge on any atom is -0.358 e. The number of hydrogen-bond donors (Lipinski definition) is 1. The van der Waals surface area contributed by atoms with Crippen LogP contribution in [0.25, 0.3) is 0 Å². The number of fused-ring (bicyclic) bond motifs is 1. The van der Waals surface area contributed by atoms with E-state index in [0.717, 1.165) is 43.6 Å². The zero-order chi connectivity index (χ0) is 22.7. The molecule has 5 heteroatoms. The zero-order valence-corrected chi connectivity index (χ0v) is 19.6. The van der Waals surface area contributed by atoms with E-state index in [4.69, 9.17) is 5.10 Å². The van der Waals surface area contributed by atoms with Gasteiger partial charge in [0, 0.05) is 43.9 Å². The van der Waals surface area contributed by atoms with E-state index in [2.05, 4.69) is 72.1 Å². The van der Waals surface area contributed by atoms with E-state index in [1.165, 1.54) is 22.4 Å². The maximum atomic E-state index is 13.2. The molecule has 0 fully saturated rings. The molecule has 4 rings (SSSR count). The standard InChI is InChI=1S/C27H34N4O/c1-5-31-24-17-18-30(26(27(32)28-4)22-9-7-6-8-10-22)23(25(24)20(3)29-31)16-15-21-13-11-19(2)12-14-21/h6-14,23,26H,5,15-18H2,1-4H3,(H,28,32). The Balaban J connectivity index is 1.74. The molecule has 1 aromatic heterocycles. The van der Waals surface area contributed by atoms with Gasteiger partial charge < -0.3 is 5.32 Å². The highest BCUT2D eigenvalue weighted by molar-refractivity contribution is 5.83. The van der Waals surface area contributed by atoms with E-state index in [1.54, 1.807) is 7.05 Å². The number of carbonyl (C=O) groups is 1. The van der Waals surface area contributed by atoms with Gasteiger partial charge in [0.25, 0.3) is 0 Å². The van der Waals surface area contributed by atoms with Crippen molar-refractivity contribution in [3.05, 3.63) is 88.2 Å². The van der Waals surface area contributed by atoms with Crippen LogP contribution in [0.15, 0.2) is 54.6 Å². The molecule has 3 aromatic rings. The lowest BCUT2D eigenvalue weighted by Crippen LogP contribution is -2.45. The van der Waals surface area contributed by atoms with Crippen LogP contribution >= 0.6 is 0 Å². The van der Waals surface area contributed by atoms with Crippen molar-refractivity contribution >= 4 is 5.91 Å². The molecule has 0 aliphatic carbocycles. The van der Waals surface area contributed by atoms with Crippen LogP contribution in [-0.4, -0.2) is 34.2 Å². The third-order valence-electron chi connectivity index (χ3n) is 6.69. The van der Waals surface area contributed by atoms with Crippen molar-refractivity contribution in [1.29, 1.82) is 0 Å². The second-order valence-electron chi connectivity index (χ2n) is 8.72. The predicted octanol–water partition coefficient (Wildman–Crippen LogP) is 4.54. The van der Waals surface area contributed by atoms with Crippen LogP contribution in [0.1, 0.15) is 59.1 Å². The minimum atomic E-state index is -0.318. The Bertz CT molecular complexity index is 1060. The summed E-state index contributed by atoms with van der Waals surface area (Å²) in [6.45, 7) is 8.10. The normalized spacial score (nSPS) is 17.1. The number of hydrogen-bond acceptors (Lipinski definition) is 3. The molecule has 2 heterocycles. The first kappa shape index (κ1) is 22.3. The van der Waals surface area contributed by atoms with Gasteiger partial charge in [-0.05, 0) is 44.7 Å². The molecule has 0 saturated carbocycles. The fraction of sp³-hybridized carbons (Fsp3) is 0.407. The number of aryl methyl sites for hydroxylation is 4. The van der Waals surface area contributed by atoms with Gasteiger partial charge in [-0.2, -0.15) is 5.10 Å². The molecular weight excluding hydrogens is 396 g/mol. The number of rotatable bonds is 7. The highest BCUT2D eigenvalue weighted by Crippen LogP contribution is 2.40. The van der Waals surface area contributed by atoms with Crippen LogP contribution in [0.2, 0.25) is 0 Å². The number of nitrogens with one attached hydrogen (secondary N) is 1. The monoisotopic (exact) mass is 430 g/mol. The molecule has 1 N–H and O–H groups in total. The van der Waals surface area contributed by atoms with Crippen LogP contribution < -0.4 is 5.32 Å². The third-order valence-corrected chi connectivity index (χ3v) is 6.69. The quantitative estimate of drug-likeness (QED) is 0.599. The second-order valence-corrected chi connectivity index (χ2v) is 8.72. The average Bonchev–Trinajstić information content (AvgIpc) is 3.15. The Kier molecular flexibility index (Phi) is 6.75. The van der Waals surface area contributed by atoms with Gasteiger partial charge in [0.15, 0.2) is 0 Å². The highest BCUT2D eigenvalue weighted by atomic mass is 16.2. The van der Waals surface area contributed by atoms with Crippen LogP contribution in [0, 0.1) is 13.8 Å². The van der Waals surface area contributed by atoms with Crippen LogP contribution in [0.3, 0.4) is 0 Å². The molecule has 2 unspecified atom stereocenters. The lowest BCUT2D eigenvalue weighted by atomic mass is 9.88. The first-order valence-corrected chi connectivity index (χ1v) is 11.7. The maximum absolute atomic E-state index is 13.2. The maximum Gasteiger partial charge on any atom is 0.241 e. The summed E-state index contributed by atoms with van der Waals surface area (Å²) < 4.78 is 2.15. The fourth-order valence-corrected chi connectivity index (χ4v) is 5.10. The molecule has 0 radical (unpaired) electrons. The Hall–Kier alpha value is -2.92. The Labute approximate surface area is 191 Å². The largest absolute Gasteiger partial charge is 0.358 e. The molecular formula is C27H34N4O. The molecule has 168 valence electrons. The molecule has 1 amide bonds. The van der Waals surface area contributed by atoms with Gasteiger partial charge in [-0.15, -0.1) is 0 Å². The molecule has 1 aliphatic heterocycles. The molecule has 5 nitrogen and oxygen atoms in total. The van der Waals surface area contributed by atoms with Gasteiger partial charge in [0.05, 0.1) is 5.69 Å². The molecule has 0 bridgehead atoms. The van der Waals surface area contributed by atoms with Gasteiger partial charge in [0.1, 0.15) is 6.04 Å². The fourth-order valence-electron chi connectivity index (χ4n) is 5.10. The Morgan fingerprint density at radius 1 is 1.12 bits per heavy atom. The first-order valence-electron chi connectivity index (χ1n) is 11.7. The van der Waals surface area contributed by atoms with Crippen molar-refractivity contribution < 1.29 is 4.79 Å². The van der Waals surface area contributed by atoms with Gasteiger partial charge >= 0.3 is 0 Å². The summed E-state index contributed by atoms with van der Waals surface area (Å²) in [7, 11) is 1.73. The number of likely N-dealkylation sites (N-methyl/N-ethyl adjacent to an activating group) is 1. The van der Waals surface area contributed by atoms with Crippen molar-refractivity contribution in [3.8, 4) is 0 Å². The van der Waals surface area contributed by atoms with Crippen LogP contribution in [0.4, 0.5) is 0 Å². The van der Waals surface area contributed by atoms with Crippen molar-refractivity contribution in [1.82, 2.24) is 20.0 Å². The van der Waals surface area contributed by atoms with E-state index >= 15 is 0 Å². The molecule has 2 atom stereocenters. The Morgan fingerprint density at radius 2 is 1.84 bits per heavy atom. The molecule has 0 saturated heterocycles. The van der Waals surface area contributed by atoms with Gasteiger partial charge in [-0.1, -0.05) is 60.2 Å². The second kappa shape index (κ2) is 9.70. The SMILES string of the molecule is CCn1nc(C)c2c1CCN(C(C(=O)NC)c1ccccc1)C2CCc1ccc(C)cc1. The summed E-state index contributed by atoms with van der Waals surface area (Å²) in [5.41, 5.74) is 7.38. The summed E-state index contributed by atoms with van der Waals surface area (Å²) >= 11 is 0. The lowest BCUT2D eigenvalue weighted by molar-refractivity contribution is -0.127. The summed E-state index contributed by atoms with van der Waals surface area (Å²) in [6, 6.07) is 18.8. The van der Waals surface area contributed by atoms with Gasteiger partial charge in [-0.3, -0.25) is 14.4 Å². The van der Waals surface area contributed by atoms with E-state index in [-0.39, 0.29) is 18.0 Å². The molecule has 1 aliphatic rings. The summed E-state index contributed by atoms with van der Waals surface area (Å²) in [5.74, 6) is 0.0422. The number of amides is 1. The average molecular weight is 431 g/mol. The van der Waals surface area contributed by atoms with E-state index < -0.39 is 0 Å². The van der Waals surface area contributed by atoms with Crippen molar-refractivity contribution in [2.45, 2.75) is 58.7 Å². The van der Waals surface area contributed by atoms with Crippen LogP contribution in [0.5, 0.6) is 0 Å². The number of aromatic nitrogens is 2. The van der Waals surface area contributed by atoms with Gasteiger partial charge in [0.2, 0.25) is 5.91 Å². The number of nitrogens with zero attached hydrogens (tertiary/aromatic N) is 3. The molecule has 0 spiro atoms. The summed E-state index contributed by atoms with van der Waals surface area (Å²) in [6.07, 6.45) is 2.82. The van der Waals surface area contributed by atoms with Gasteiger partial charge in [-0.25, -0.2) is 0 Å². The van der Waals surface area contributed by atoms with E-state index in [0.29, 0.717) is 0 Å². The third kappa shape index (κ3) is 4.35. The van der Waals surface area contributed by atoms with E-state index in [9.17, 15) is 4.79 Å². The topological polar surface area (TPSA) is 50.2 Å². The summed E-state index contributed by atoms with van der Waals surface area (Å²) in [5, 5.41) is 7.76. The van der Waals surface area contributed by atoms with E-state index in [1.807, 2.05) is 18.2 Å². The predicted molar refractivity (Wildman–Crippen MR) is 129 cm³/mol. The summed E-state index contributed by atoms with van der Waals surface area (Å²) in [4.78, 5) is 15.6. The Morgan fingerprint density at radius 3 is 2.50 bits per heavy atom. The zero-order valence-electron chi connectivity index (χ0n) is 19.6. The van der Waals surface area contributed by atoms with Crippen molar-refractivity contribution in [2.75, 3.05) is 13.6 Å². The smallest absolute Gasteiger partial charge is 0.241 e.